The summed E-state index contributed by atoms with van der Waals surface area (Å²) in [6.45, 7) is 4.62. The smallest absolute Gasteiger partial charge is 0.0749 e. The quantitative estimate of drug-likeness (QED) is 0.937. The Morgan fingerprint density at radius 2 is 1.61 bits per heavy atom. The monoisotopic (exact) mass is 328 g/mol. The van der Waals surface area contributed by atoms with Gasteiger partial charge in [0, 0.05) is 49.6 Å². The highest BCUT2D eigenvalue weighted by atomic mass is 32.2. The van der Waals surface area contributed by atoms with Crippen molar-refractivity contribution in [2.75, 3.05) is 47.5 Å². The third-order valence-corrected chi connectivity index (χ3v) is 6.03. The molecule has 0 aliphatic carbocycles. The highest BCUT2D eigenvalue weighted by Gasteiger charge is 2.21. The van der Waals surface area contributed by atoms with Crippen LogP contribution in [0.1, 0.15) is 24.3 Å². The summed E-state index contributed by atoms with van der Waals surface area (Å²) in [5, 5.41) is 6.97. The second-order valence-electron chi connectivity index (χ2n) is 6.41. The summed E-state index contributed by atoms with van der Waals surface area (Å²) >= 11 is 2.07. The number of aromatic nitrogens is 2. The van der Waals surface area contributed by atoms with E-state index in [1.54, 1.807) is 0 Å². The molecule has 4 nitrogen and oxygen atoms in total. The van der Waals surface area contributed by atoms with Gasteiger partial charge in [-0.25, -0.2) is 0 Å². The SMILES string of the molecule is c1cc(N2CCSCC2)ccc1C1CCN(c2cn[nH]c2)CC1. The minimum atomic E-state index is 0.698. The number of piperidine rings is 1. The molecule has 1 aromatic carbocycles. The van der Waals surface area contributed by atoms with Gasteiger partial charge >= 0.3 is 0 Å². The zero-order valence-electron chi connectivity index (χ0n) is 13.4. The van der Waals surface area contributed by atoms with E-state index in [9.17, 15) is 0 Å². The number of nitrogens with one attached hydrogen (secondary N) is 1. The predicted octanol–water partition coefficient (Wildman–Crippen LogP) is 3.35. The van der Waals surface area contributed by atoms with E-state index in [-0.39, 0.29) is 0 Å². The van der Waals surface area contributed by atoms with Gasteiger partial charge in [0.1, 0.15) is 0 Å². The van der Waals surface area contributed by atoms with E-state index < -0.39 is 0 Å². The topological polar surface area (TPSA) is 35.2 Å². The first-order valence-corrected chi connectivity index (χ1v) is 9.72. The highest BCUT2D eigenvalue weighted by Crippen LogP contribution is 2.31. The molecule has 0 spiro atoms. The van der Waals surface area contributed by atoms with Gasteiger partial charge in [-0.15, -0.1) is 0 Å². The van der Waals surface area contributed by atoms with Crippen LogP contribution in [0.2, 0.25) is 0 Å². The van der Waals surface area contributed by atoms with Gasteiger partial charge in [0.2, 0.25) is 0 Å². The average molecular weight is 328 g/mol. The van der Waals surface area contributed by atoms with Crippen molar-refractivity contribution in [1.82, 2.24) is 10.2 Å². The maximum absolute atomic E-state index is 4.06. The van der Waals surface area contributed by atoms with Crippen LogP contribution < -0.4 is 9.80 Å². The minimum absolute atomic E-state index is 0.698. The van der Waals surface area contributed by atoms with Gasteiger partial charge in [0.05, 0.1) is 11.9 Å². The number of rotatable bonds is 3. The number of aromatic amines is 1. The van der Waals surface area contributed by atoms with E-state index in [0.717, 1.165) is 13.1 Å². The van der Waals surface area contributed by atoms with Crippen LogP contribution in [0.15, 0.2) is 36.7 Å². The van der Waals surface area contributed by atoms with E-state index in [2.05, 4.69) is 56.0 Å². The van der Waals surface area contributed by atoms with Gasteiger partial charge in [0.25, 0.3) is 0 Å². The molecule has 2 aliphatic heterocycles. The highest BCUT2D eigenvalue weighted by molar-refractivity contribution is 7.99. The summed E-state index contributed by atoms with van der Waals surface area (Å²) in [4.78, 5) is 4.95. The Hall–Kier alpha value is -1.62. The van der Waals surface area contributed by atoms with Crippen molar-refractivity contribution >= 4 is 23.1 Å². The number of thioether (sulfide) groups is 1. The van der Waals surface area contributed by atoms with Gasteiger partial charge < -0.3 is 9.80 Å². The molecule has 1 aromatic heterocycles. The van der Waals surface area contributed by atoms with E-state index in [1.165, 1.54) is 54.4 Å². The van der Waals surface area contributed by atoms with Crippen molar-refractivity contribution in [3.8, 4) is 0 Å². The zero-order valence-corrected chi connectivity index (χ0v) is 14.3. The number of H-pyrrole nitrogens is 1. The van der Waals surface area contributed by atoms with Gasteiger partial charge in [-0.3, -0.25) is 5.10 Å². The van der Waals surface area contributed by atoms with Gasteiger partial charge in [0.15, 0.2) is 0 Å². The third kappa shape index (κ3) is 3.34. The van der Waals surface area contributed by atoms with Crippen LogP contribution in [0, 0.1) is 0 Å². The van der Waals surface area contributed by atoms with Crippen LogP contribution in [-0.4, -0.2) is 47.9 Å². The number of anilines is 2. The molecule has 2 aliphatic rings. The molecule has 0 amide bonds. The molecule has 2 aromatic rings. The summed E-state index contributed by atoms with van der Waals surface area (Å²) in [6, 6.07) is 9.37. The van der Waals surface area contributed by atoms with Crippen molar-refractivity contribution in [2.45, 2.75) is 18.8 Å². The van der Waals surface area contributed by atoms with E-state index >= 15 is 0 Å². The maximum Gasteiger partial charge on any atom is 0.0749 e. The molecule has 0 unspecified atom stereocenters. The van der Waals surface area contributed by atoms with Crippen LogP contribution >= 0.6 is 11.8 Å². The third-order valence-electron chi connectivity index (χ3n) is 5.08. The lowest BCUT2D eigenvalue weighted by Crippen LogP contribution is -2.33. The van der Waals surface area contributed by atoms with Gasteiger partial charge in [-0.05, 0) is 36.5 Å². The largest absolute Gasteiger partial charge is 0.370 e. The van der Waals surface area contributed by atoms with E-state index in [4.69, 9.17) is 0 Å². The first kappa shape index (κ1) is 14.9. The lowest BCUT2D eigenvalue weighted by molar-refractivity contribution is 0.505. The standard InChI is InChI=1S/C18H24N4S/c1-3-17(22-9-11-23-12-10-22)4-2-15(1)16-5-7-21(8-6-16)18-13-19-20-14-18/h1-4,13-14,16H,5-12H2,(H,19,20). The van der Waals surface area contributed by atoms with Crippen molar-refractivity contribution in [3.05, 3.63) is 42.2 Å². The second-order valence-corrected chi connectivity index (χ2v) is 7.63. The Morgan fingerprint density at radius 3 is 2.26 bits per heavy atom. The summed E-state index contributed by atoms with van der Waals surface area (Å²) in [7, 11) is 0. The number of nitrogens with zero attached hydrogens (tertiary/aromatic N) is 3. The Labute approximate surface area is 142 Å². The molecule has 1 N–H and O–H groups in total. The van der Waals surface area contributed by atoms with Crippen molar-refractivity contribution in [2.24, 2.45) is 0 Å². The predicted molar refractivity (Wildman–Crippen MR) is 98.8 cm³/mol. The van der Waals surface area contributed by atoms with Crippen LogP contribution in [-0.2, 0) is 0 Å². The summed E-state index contributed by atoms with van der Waals surface area (Å²) in [5.74, 6) is 3.21. The molecule has 4 rings (SSSR count). The molecule has 2 fully saturated rings. The Morgan fingerprint density at radius 1 is 0.913 bits per heavy atom. The molecule has 23 heavy (non-hydrogen) atoms. The van der Waals surface area contributed by atoms with Crippen LogP contribution in [0.5, 0.6) is 0 Å². The van der Waals surface area contributed by atoms with E-state index in [1.807, 2.05) is 12.4 Å². The first-order chi connectivity index (χ1) is 11.4. The van der Waals surface area contributed by atoms with Gasteiger partial charge in [-0.2, -0.15) is 16.9 Å². The van der Waals surface area contributed by atoms with Gasteiger partial charge in [-0.1, -0.05) is 12.1 Å². The average Bonchev–Trinajstić information content (AvgIpc) is 3.18. The molecule has 0 bridgehead atoms. The summed E-state index contributed by atoms with van der Waals surface area (Å²) < 4.78 is 0. The van der Waals surface area contributed by atoms with Crippen LogP contribution in [0.4, 0.5) is 11.4 Å². The molecule has 0 saturated carbocycles. The van der Waals surface area contributed by atoms with Crippen molar-refractivity contribution < 1.29 is 0 Å². The molecule has 0 radical (unpaired) electrons. The molecule has 5 heteroatoms. The first-order valence-electron chi connectivity index (χ1n) is 8.56. The summed E-state index contributed by atoms with van der Waals surface area (Å²) in [6.07, 6.45) is 6.37. The number of benzene rings is 1. The Kier molecular flexibility index (Phi) is 4.46. The molecule has 0 atom stereocenters. The molecular weight excluding hydrogens is 304 g/mol. The fraction of sp³-hybridized carbons (Fsp3) is 0.500. The van der Waals surface area contributed by atoms with Crippen LogP contribution in [0.3, 0.4) is 0 Å². The molecule has 3 heterocycles. The number of hydrogen-bond acceptors (Lipinski definition) is 4. The lowest BCUT2D eigenvalue weighted by Gasteiger charge is -2.33. The van der Waals surface area contributed by atoms with E-state index in [0.29, 0.717) is 5.92 Å². The van der Waals surface area contributed by atoms with Crippen LogP contribution in [0.25, 0.3) is 0 Å². The Balaban J connectivity index is 1.37. The minimum Gasteiger partial charge on any atom is -0.370 e. The molecule has 2 saturated heterocycles. The fourth-order valence-electron chi connectivity index (χ4n) is 3.67. The van der Waals surface area contributed by atoms with Crippen molar-refractivity contribution in [3.63, 3.8) is 0 Å². The zero-order chi connectivity index (χ0) is 15.5. The Bertz CT molecular complexity index is 596. The summed E-state index contributed by atoms with van der Waals surface area (Å²) in [5.41, 5.74) is 4.12. The normalized spacial score (nSPS) is 20.0. The molecule has 122 valence electrons. The number of hydrogen-bond donors (Lipinski definition) is 1. The molecular formula is C18H24N4S. The second kappa shape index (κ2) is 6.87. The fourth-order valence-corrected chi connectivity index (χ4v) is 4.57. The van der Waals surface area contributed by atoms with Crippen molar-refractivity contribution in [1.29, 1.82) is 0 Å². The lowest BCUT2D eigenvalue weighted by atomic mass is 9.89. The maximum atomic E-state index is 4.06.